The summed E-state index contributed by atoms with van der Waals surface area (Å²) < 4.78 is 38.4. The van der Waals surface area contributed by atoms with Crippen LogP contribution < -0.4 is 0 Å². The van der Waals surface area contributed by atoms with Crippen LogP contribution in [0.2, 0.25) is 0 Å². The average Bonchev–Trinajstić information content (AvgIpc) is 2.54. The normalized spacial score (nSPS) is 17.2. The average molecular weight is 358 g/mol. The lowest BCUT2D eigenvalue weighted by atomic mass is 10.0. The molecule has 4 nitrogen and oxygen atoms in total. The Morgan fingerprint density at radius 3 is 2.60 bits per heavy atom. The molecule has 1 N–H and O–H groups in total. The lowest BCUT2D eigenvalue weighted by Gasteiger charge is -2.36. The summed E-state index contributed by atoms with van der Waals surface area (Å²) in [5.41, 5.74) is 0.0628. The molecule has 1 heterocycles. The van der Waals surface area contributed by atoms with Crippen LogP contribution in [-0.2, 0) is 17.5 Å². The first-order valence-corrected chi connectivity index (χ1v) is 8.56. The maximum atomic E-state index is 12.8. The van der Waals surface area contributed by atoms with Gasteiger partial charge in [0.2, 0.25) is 0 Å². The van der Waals surface area contributed by atoms with E-state index in [9.17, 15) is 18.0 Å². The third-order valence-electron chi connectivity index (χ3n) is 4.73. The monoisotopic (exact) mass is 358 g/mol. The molecule has 1 aromatic carbocycles. The highest BCUT2D eigenvalue weighted by Crippen LogP contribution is 2.30. The van der Waals surface area contributed by atoms with E-state index in [1.165, 1.54) is 12.1 Å². The fourth-order valence-electron chi connectivity index (χ4n) is 3.30. The van der Waals surface area contributed by atoms with Crippen molar-refractivity contribution in [2.24, 2.45) is 0 Å². The number of aliphatic carboxylic acids is 1. The standard InChI is InChI=1S/C18H25F3N2O2/c1-22(13-14-4-2-5-15(12-14)18(19,20)21)16-7-10-23(11-8-16)9-3-6-17(24)25/h2,4-5,12,16H,3,6-11,13H2,1H3,(H,24,25). The third kappa shape index (κ3) is 6.32. The molecule has 1 aliphatic rings. The van der Waals surface area contributed by atoms with Crippen LogP contribution >= 0.6 is 0 Å². The number of carboxylic acids is 1. The Hall–Kier alpha value is -1.60. The minimum Gasteiger partial charge on any atom is -0.481 e. The molecular formula is C18H25F3N2O2. The van der Waals surface area contributed by atoms with Gasteiger partial charge in [-0.05, 0) is 57.6 Å². The van der Waals surface area contributed by atoms with Crippen LogP contribution in [0.3, 0.4) is 0 Å². The van der Waals surface area contributed by atoms with Crippen molar-refractivity contribution in [2.75, 3.05) is 26.7 Å². The molecule has 2 rings (SSSR count). The highest BCUT2D eigenvalue weighted by atomic mass is 19.4. The summed E-state index contributed by atoms with van der Waals surface area (Å²) in [6.45, 7) is 3.08. The zero-order valence-electron chi connectivity index (χ0n) is 14.4. The number of rotatable bonds is 7. The number of benzene rings is 1. The summed E-state index contributed by atoms with van der Waals surface area (Å²) in [7, 11) is 1.95. The number of carbonyl (C=O) groups is 1. The van der Waals surface area contributed by atoms with Gasteiger partial charge in [0.1, 0.15) is 0 Å². The van der Waals surface area contributed by atoms with E-state index < -0.39 is 17.7 Å². The first-order valence-electron chi connectivity index (χ1n) is 8.56. The number of hydrogen-bond donors (Lipinski definition) is 1. The number of carboxylic acid groups (broad SMARTS) is 1. The lowest BCUT2D eigenvalue weighted by molar-refractivity contribution is -0.138. The molecule has 25 heavy (non-hydrogen) atoms. The summed E-state index contributed by atoms with van der Waals surface area (Å²) in [6.07, 6.45) is -1.57. The third-order valence-corrected chi connectivity index (χ3v) is 4.73. The molecule has 0 unspecified atom stereocenters. The van der Waals surface area contributed by atoms with Gasteiger partial charge in [0, 0.05) is 19.0 Å². The summed E-state index contributed by atoms with van der Waals surface area (Å²) in [4.78, 5) is 14.9. The predicted molar refractivity (Wildman–Crippen MR) is 89.2 cm³/mol. The smallest absolute Gasteiger partial charge is 0.416 e. The van der Waals surface area contributed by atoms with Crippen LogP contribution in [0.4, 0.5) is 13.2 Å². The molecular weight excluding hydrogens is 333 g/mol. The van der Waals surface area contributed by atoms with Crippen molar-refractivity contribution in [3.8, 4) is 0 Å². The largest absolute Gasteiger partial charge is 0.481 e. The second kappa shape index (κ2) is 8.67. The Labute approximate surface area is 146 Å². The Morgan fingerprint density at radius 2 is 2.00 bits per heavy atom. The Kier molecular flexibility index (Phi) is 6.84. The topological polar surface area (TPSA) is 43.8 Å². The van der Waals surface area contributed by atoms with Gasteiger partial charge in [0.15, 0.2) is 0 Å². The van der Waals surface area contributed by atoms with Crippen molar-refractivity contribution >= 4 is 5.97 Å². The van der Waals surface area contributed by atoms with E-state index in [-0.39, 0.29) is 6.42 Å². The maximum absolute atomic E-state index is 12.8. The van der Waals surface area contributed by atoms with E-state index in [2.05, 4.69) is 9.80 Å². The number of nitrogens with zero attached hydrogens (tertiary/aromatic N) is 2. The number of hydrogen-bond acceptors (Lipinski definition) is 3. The van der Waals surface area contributed by atoms with Crippen molar-refractivity contribution in [3.05, 3.63) is 35.4 Å². The molecule has 0 aromatic heterocycles. The van der Waals surface area contributed by atoms with Gasteiger partial charge < -0.3 is 10.0 Å². The summed E-state index contributed by atoms with van der Waals surface area (Å²) in [6, 6.07) is 5.84. The van der Waals surface area contributed by atoms with Gasteiger partial charge in [-0.25, -0.2) is 0 Å². The van der Waals surface area contributed by atoms with Crippen molar-refractivity contribution in [3.63, 3.8) is 0 Å². The lowest BCUT2D eigenvalue weighted by Crippen LogP contribution is -2.43. The van der Waals surface area contributed by atoms with Crippen LogP contribution in [0.15, 0.2) is 24.3 Å². The second-order valence-electron chi connectivity index (χ2n) is 6.68. The van der Waals surface area contributed by atoms with Gasteiger partial charge in [-0.3, -0.25) is 9.69 Å². The second-order valence-corrected chi connectivity index (χ2v) is 6.68. The van der Waals surface area contributed by atoms with Gasteiger partial charge in [-0.15, -0.1) is 0 Å². The van der Waals surface area contributed by atoms with Gasteiger partial charge in [0.25, 0.3) is 0 Å². The van der Waals surface area contributed by atoms with Crippen molar-refractivity contribution in [1.29, 1.82) is 0 Å². The molecule has 0 saturated carbocycles. The molecule has 1 aromatic rings. The predicted octanol–water partition coefficient (Wildman–Crippen LogP) is 3.47. The minimum absolute atomic E-state index is 0.190. The molecule has 0 aliphatic carbocycles. The van der Waals surface area contributed by atoms with Gasteiger partial charge >= 0.3 is 12.1 Å². The fraction of sp³-hybridized carbons (Fsp3) is 0.611. The van der Waals surface area contributed by atoms with E-state index in [1.807, 2.05) is 7.05 Å². The molecule has 7 heteroatoms. The molecule has 1 saturated heterocycles. The molecule has 1 fully saturated rings. The van der Waals surface area contributed by atoms with Crippen LogP contribution in [0.25, 0.3) is 0 Å². The van der Waals surface area contributed by atoms with Crippen LogP contribution in [-0.4, -0.2) is 53.6 Å². The van der Waals surface area contributed by atoms with Gasteiger partial charge in [-0.2, -0.15) is 13.2 Å². The quantitative estimate of drug-likeness (QED) is 0.811. The minimum atomic E-state index is -4.31. The van der Waals surface area contributed by atoms with Crippen molar-refractivity contribution < 1.29 is 23.1 Å². The molecule has 0 amide bonds. The molecule has 0 atom stereocenters. The molecule has 140 valence electrons. The first-order chi connectivity index (χ1) is 11.8. The van der Waals surface area contributed by atoms with E-state index in [0.717, 1.165) is 38.5 Å². The molecule has 0 spiro atoms. The highest BCUT2D eigenvalue weighted by molar-refractivity contribution is 5.66. The van der Waals surface area contributed by atoms with Gasteiger partial charge in [-0.1, -0.05) is 18.2 Å². The van der Waals surface area contributed by atoms with Crippen LogP contribution in [0.5, 0.6) is 0 Å². The van der Waals surface area contributed by atoms with E-state index in [1.54, 1.807) is 6.07 Å². The molecule has 0 radical (unpaired) electrons. The van der Waals surface area contributed by atoms with E-state index in [4.69, 9.17) is 5.11 Å². The summed E-state index contributed by atoms with van der Waals surface area (Å²) in [5, 5.41) is 8.67. The SMILES string of the molecule is CN(Cc1cccc(C(F)(F)F)c1)C1CCN(CCCC(=O)O)CC1. The van der Waals surface area contributed by atoms with Crippen molar-refractivity contribution in [1.82, 2.24) is 9.80 Å². The number of alkyl halides is 3. The van der Waals surface area contributed by atoms with Crippen molar-refractivity contribution in [2.45, 2.75) is 44.4 Å². The highest BCUT2D eigenvalue weighted by Gasteiger charge is 2.30. The Morgan fingerprint density at radius 1 is 1.32 bits per heavy atom. The zero-order chi connectivity index (χ0) is 18.4. The number of likely N-dealkylation sites (tertiary alicyclic amines) is 1. The molecule has 0 bridgehead atoms. The van der Waals surface area contributed by atoms with Gasteiger partial charge in [0.05, 0.1) is 5.56 Å². The van der Waals surface area contributed by atoms with E-state index in [0.29, 0.717) is 24.6 Å². The number of halogens is 3. The molecule has 1 aliphatic heterocycles. The zero-order valence-corrected chi connectivity index (χ0v) is 14.4. The summed E-state index contributed by atoms with van der Waals surface area (Å²) in [5.74, 6) is -0.768. The first kappa shape index (κ1) is 19.7. The Bertz CT molecular complexity index is 570. The number of piperidine rings is 1. The van der Waals surface area contributed by atoms with Crippen LogP contribution in [0.1, 0.15) is 36.8 Å². The van der Waals surface area contributed by atoms with E-state index >= 15 is 0 Å². The maximum Gasteiger partial charge on any atom is 0.416 e. The fourth-order valence-corrected chi connectivity index (χ4v) is 3.30. The summed E-state index contributed by atoms with van der Waals surface area (Å²) >= 11 is 0. The van der Waals surface area contributed by atoms with Crippen LogP contribution in [0, 0.1) is 0 Å². The Balaban J connectivity index is 1.81.